The molecule has 9 nitrogen and oxygen atoms in total. The Morgan fingerprint density at radius 1 is 1.26 bits per heavy atom. The van der Waals surface area contributed by atoms with Crippen LogP contribution in [0.25, 0.3) is 0 Å². The van der Waals surface area contributed by atoms with Gasteiger partial charge in [0.25, 0.3) is 5.69 Å². The lowest BCUT2D eigenvalue weighted by atomic mass is 10.1. The van der Waals surface area contributed by atoms with E-state index in [2.05, 4.69) is 10.5 Å². The molecule has 0 fully saturated rings. The molecule has 144 valence electrons. The first-order valence-corrected chi connectivity index (χ1v) is 9.48. The van der Waals surface area contributed by atoms with E-state index in [1.165, 1.54) is 12.1 Å². The van der Waals surface area contributed by atoms with Crippen molar-refractivity contribution < 1.29 is 18.1 Å². The predicted molar refractivity (Wildman–Crippen MR) is 103 cm³/mol. The predicted octanol–water partition coefficient (Wildman–Crippen LogP) is 2.67. The molecule has 0 spiro atoms. The van der Waals surface area contributed by atoms with E-state index in [0.29, 0.717) is 6.42 Å². The number of aryl methyl sites for hydroxylation is 1. The highest BCUT2D eigenvalue weighted by Crippen LogP contribution is 2.27. The van der Waals surface area contributed by atoms with E-state index in [1.54, 1.807) is 14.0 Å². The van der Waals surface area contributed by atoms with E-state index in [4.69, 9.17) is 9.88 Å². The summed E-state index contributed by atoms with van der Waals surface area (Å²) in [6, 6.07) is 11.0. The average Bonchev–Trinajstić information content (AvgIpc) is 2.64. The van der Waals surface area contributed by atoms with Crippen LogP contribution >= 0.6 is 0 Å². The number of sulfonamides is 1. The molecule has 0 saturated carbocycles. The molecule has 0 bridgehead atoms. The zero-order valence-electron chi connectivity index (χ0n) is 14.9. The SMILES string of the molecule is COc1ccc(CC/C(C)=N\Nc2ccc(S(N)(=O)=O)cc2[N+](=O)[O-])cc1. The number of hydrogen-bond donors (Lipinski definition) is 2. The Bertz CT molecular complexity index is 956. The van der Waals surface area contributed by atoms with E-state index < -0.39 is 20.6 Å². The van der Waals surface area contributed by atoms with Crippen LogP contribution < -0.4 is 15.3 Å². The number of anilines is 1. The first kappa shape index (κ1) is 20.3. The molecule has 27 heavy (non-hydrogen) atoms. The molecule has 0 radical (unpaired) electrons. The van der Waals surface area contributed by atoms with Gasteiger partial charge in [-0.25, -0.2) is 13.6 Å². The van der Waals surface area contributed by atoms with E-state index in [9.17, 15) is 18.5 Å². The molecule has 0 aliphatic rings. The van der Waals surface area contributed by atoms with Crippen LogP contribution in [0.5, 0.6) is 5.75 Å². The molecule has 0 atom stereocenters. The van der Waals surface area contributed by atoms with Crippen molar-refractivity contribution in [2.45, 2.75) is 24.7 Å². The molecule has 0 unspecified atom stereocenters. The van der Waals surface area contributed by atoms with Crippen molar-refractivity contribution in [3.05, 3.63) is 58.1 Å². The Hall–Kier alpha value is -2.98. The third-order valence-electron chi connectivity index (χ3n) is 3.80. The Labute approximate surface area is 157 Å². The minimum absolute atomic E-state index is 0.0798. The van der Waals surface area contributed by atoms with E-state index >= 15 is 0 Å². The quantitative estimate of drug-likeness (QED) is 0.402. The summed E-state index contributed by atoms with van der Waals surface area (Å²) in [5, 5.41) is 20.3. The maximum atomic E-state index is 11.3. The van der Waals surface area contributed by atoms with Crippen molar-refractivity contribution in [3.8, 4) is 5.75 Å². The fourth-order valence-electron chi connectivity index (χ4n) is 2.26. The molecule has 2 aromatic rings. The second-order valence-corrected chi connectivity index (χ2v) is 7.35. The summed E-state index contributed by atoms with van der Waals surface area (Å²) in [4.78, 5) is 10.2. The number of rotatable bonds is 8. The van der Waals surface area contributed by atoms with E-state index in [-0.39, 0.29) is 10.6 Å². The summed E-state index contributed by atoms with van der Waals surface area (Å²) in [7, 11) is -2.42. The second-order valence-electron chi connectivity index (χ2n) is 5.79. The number of benzene rings is 2. The summed E-state index contributed by atoms with van der Waals surface area (Å²) in [5.41, 5.74) is 4.11. The van der Waals surface area contributed by atoms with Crippen LogP contribution in [0.2, 0.25) is 0 Å². The summed E-state index contributed by atoms with van der Waals surface area (Å²) in [5.74, 6) is 0.779. The molecule has 0 amide bonds. The molecule has 0 heterocycles. The summed E-state index contributed by atoms with van der Waals surface area (Å²) >= 11 is 0. The number of primary sulfonamides is 1. The maximum absolute atomic E-state index is 11.3. The fourth-order valence-corrected chi connectivity index (χ4v) is 2.80. The van der Waals surface area contributed by atoms with Crippen LogP contribution in [0, 0.1) is 10.1 Å². The summed E-state index contributed by atoms with van der Waals surface area (Å²) in [6.45, 7) is 1.79. The molecule has 2 aromatic carbocycles. The largest absolute Gasteiger partial charge is 0.497 e. The maximum Gasteiger partial charge on any atom is 0.295 e. The number of ether oxygens (including phenoxy) is 1. The van der Waals surface area contributed by atoms with Gasteiger partial charge in [0.15, 0.2) is 0 Å². The van der Waals surface area contributed by atoms with E-state index in [1.807, 2.05) is 24.3 Å². The first-order valence-electron chi connectivity index (χ1n) is 7.94. The number of nitro groups is 1. The normalized spacial score (nSPS) is 11.9. The van der Waals surface area contributed by atoms with Crippen molar-refractivity contribution in [3.63, 3.8) is 0 Å². The highest BCUT2D eigenvalue weighted by Gasteiger charge is 2.18. The molecule has 0 saturated heterocycles. The van der Waals surface area contributed by atoms with Gasteiger partial charge in [-0.3, -0.25) is 15.5 Å². The van der Waals surface area contributed by atoms with Gasteiger partial charge in [-0.1, -0.05) is 12.1 Å². The molecule has 2 rings (SSSR count). The van der Waals surface area contributed by atoms with Gasteiger partial charge in [0.05, 0.1) is 16.9 Å². The van der Waals surface area contributed by atoms with Crippen molar-refractivity contribution >= 4 is 27.1 Å². The first-order chi connectivity index (χ1) is 12.7. The third-order valence-corrected chi connectivity index (χ3v) is 4.71. The topological polar surface area (TPSA) is 137 Å². The number of nitrogens with one attached hydrogen (secondary N) is 1. The number of hydrogen-bond acceptors (Lipinski definition) is 7. The Morgan fingerprint density at radius 2 is 1.93 bits per heavy atom. The van der Waals surface area contributed by atoms with Gasteiger partial charge in [-0.05, 0) is 49.6 Å². The summed E-state index contributed by atoms with van der Waals surface area (Å²) in [6.07, 6.45) is 1.38. The monoisotopic (exact) mass is 392 g/mol. The lowest BCUT2D eigenvalue weighted by Gasteiger charge is -2.06. The summed E-state index contributed by atoms with van der Waals surface area (Å²) < 4.78 is 27.8. The highest BCUT2D eigenvalue weighted by molar-refractivity contribution is 7.89. The van der Waals surface area contributed by atoms with Crippen LogP contribution in [0.3, 0.4) is 0 Å². The minimum atomic E-state index is -4.03. The third kappa shape index (κ3) is 5.76. The number of nitrogens with two attached hydrogens (primary N) is 1. The van der Waals surface area contributed by atoms with Gasteiger partial charge >= 0.3 is 0 Å². The average molecular weight is 392 g/mol. The lowest BCUT2D eigenvalue weighted by molar-refractivity contribution is -0.384. The van der Waals surface area contributed by atoms with Gasteiger partial charge in [0.2, 0.25) is 10.0 Å². The van der Waals surface area contributed by atoms with Crippen LogP contribution in [0.4, 0.5) is 11.4 Å². The number of nitrogens with zero attached hydrogens (tertiary/aromatic N) is 2. The smallest absolute Gasteiger partial charge is 0.295 e. The molecule has 0 aromatic heterocycles. The van der Waals surface area contributed by atoms with Crippen molar-refractivity contribution in [2.24, 2.45) is 10.2 Å². The van der Waals surface area contributed by atoms with Crippen molar-refractivity contribution in [1.82, 2.24) is 0 Å². The highest BCUT2D eigenvalue weighted by atomic mass is 32.2. The molecular weight excluding hydrogens is 372 g/mol. The Balaban J connectivity index is 2.07. The van der Waals surface area contributed by atoms with Gasteiger partial charge < -0.3 is 4.74 Å². The van der Waals surface area contributed by atoms with Gasteiger partial charge in [0, 0.05) is 11.8 Å². The molecule has 0 aliphatic carbocycles. The van der Waals surface area contributed by atoms with Gasteiger partial charge in [-0.2, -0.15) is 5.10 Å². The van der Waals surface area contributed by atoms with Crippen LogP contribution in [-0.4, -0.2) is 26.2 Å². The van der Waals surface area contributed by atoms with Gasteiger partial charge in [0.1, 0.15) is 11.4 Å². The number of nitro benzene ring substituents is 1. The molecule has 10 heteroatoms. The van der Waals surface area contributed by atoms with Gasteiger partial charge in [-0.15, -0.1) is 0 Å². The second kappa shape index (κ2) is 8.60. The van der Waals surface area contributed by atoms with Crippen LogP contribution in [0.1, 0.15) is 18.9 Å². The Kier molecular flexibility index (Phi) is 6.48. The van der Waals surface area contributed by atoms with Crippen molar-refractivity contribution in [1.29, 1.82) is 0 Å². The van der Waals surface area contributed by atoms with Crippen LogP contribution in [0.15, 0.2) is 52.5 Å². The zero-order chi connectivity index (χ0) is 20.0. The minimum Gasteiger partial charge on any atom is -0.497 e. The Morgan fingerprint density at radius 3 is 2.48 bits per heavy atom. The number of methoxy groups -OCH3 is 1. The lowest BCUT2D eigenvalue weighted by Crippen LogP contribution is -2.12. The molecular formula is C17H20N4O5S. The standard InChI is InChI=1S/C17H20N4O5S/c1-12(3-4-13-5-7-14(26-2)8-6-13)19-20-16-10-9-15(27(18,24)25)11-17(16)21(22)23/h5-11,20H,3-4H2,1-2H3,(H2,18,24,25)/b19-12-. The van der Waals surface area contributed by atoms with Crippen molar-refractivity contribution in [2.75, 3.05) is 12.5 Å². The molecule has 0 aliphatic heterocycles. The number of hydrazone groups is 1. The van der Waals surface area contributed by atoms with E-state index in [0.717, 1.165) is 29.5 Å². The molecule has 3 N–H and O–H groups in total. The fraction of sp³-hybridized carbons (Fsp3) is 0.235. The van der Waals surface area contributed by atoms with Crippen LogP contribution in [-0.2, 0) is 16.4 Å². The zero-order valence-corrected chi connectivity index (χ0v) is 15.7.